The summed E-state index contributed by atoms with van der Waals surface area (Å²) in [5.41, 5.74) is 1.94. The van der Waals surface area contributed by atoms with Gasteiger partial charge in [0.15, 0.2) is 0 Å². The van der Waals surface area contributed by atoms with Gasteiger partial charge in [-0.05, 0) is 38.1 Å². The van der Waals surface area contributed by atoms with E-state index >= 15 is 0 Å². The second-order valence-corrected chi connectivity index (χ2v) is 6.65. The fourth-order valence-electron chi connectivity index (χ4n) is 2.15. The number of pyridine rings is 1. The summed E-state index contributed by atoms with van der Waals surface area (Å²) in [6.07, 6.45) is 3.89. The van der Waals surface area contributed by atoms with Crippen LogP contribution in [-0.4, -0.2) is 9.38 Å². The van der Waals surface area contributed by atoms with Crippen LogP contribution in [0.3, 0.4) is 0 Å². The number of halogens is 1. The summed E-state index contributed by atoms with van der Waals surface area (Å²) in [6, 6.07) is 8.46. The van der Waals surface area contributed by atoms with Crippen LogP contribution in [0.25, 0.3) is 5.65 Å². The second-order valence-electron chi connectivity index (χ2n) is 4.90. The molecule has 0 radical (unpaired) electrons. The fourth-order valence-corrected chi connectivity index (χ4v) is 3.22. The van der Waals surface area contributed by atoms with Crippen LogP contribution in [-0.2, 0) is 6.54 Å². The molecule has 1 N–H and O–H groups in total. The molecule has 0 aliphatic heterocycles. The van der Waals surface area contributed by atoms with E-state index in [1.165, 1.54) is 9.75 Å². The van der Waals surface area contributed by atoms with Gasteiger partial charge in [-0.2, -0.15) is 0 Å². The molecule has 104 valence electrons. The maximum absolute atomic E-state index is 5.97. The first-order valence-electron chi connectivity index (χ1n) is 6.54. The zero-order valence-corrected chi connectivity index (χ0v) is 13.0. The van der Waals surface area contributed by atoms with Crippen molar-refractivity contribution in [3.63, 3.8) is 0 Å². The zero-order valence-electron chi connectivity index (χ0n) is 11.4. The Bertz CT molecular complexity index is 732. The molecule has 0 amide bonds. The van der Waals surface area contributed by atoms with E-state index < -0.39 is 0 Å². The molecule has 0 aliphatic rings. The van der Waals surface area contributed by atoms with Crippen LogP contribution in [0.15, 0.2) is 36.7 Å². The Labute approximate surface area is 127 Å². The second kappa shape index (κ2) is 5.56. The van der Waals surface area contributed by atoms with Crippen molar-refractivity contribution in [2.75, 3.05) is 0 Å². The van der Waals surface area contributed by atoms with Crippen molar-refractivity contribution in [3.8, 4) is 0 Å². The van der Waals surface area contributed by atoms with Gasteiger partial charge in [0.1, 0.15) is 5.65 Å². The molecule has 3 nitrogen and oxygen atoms in total. The number of aromatic nitrogens is 2. The topological polar surface area (TPSA) is 29.3 Å². The number of rotatable bonds is 4. The van der Waals surface area contributed by atoms with Crippen molar-refractivity contribution >= 4 is 28.6 Å². The lowest BCUT2D eigenvalue weighted by atomic mass is 10.2. The summed E-state index contributed by atoms with van der Waals surface area (Å²) in [6.45, 7) is 5.06. The number of imidazole rings is 1. The Kier molecular flexibility index (Phi) is 3.78. The van der Waals surface area contributed by atoms with E-state index in [9.17, 15) is 0 Å². The monoisotopic (exact) mass is 305 g/mol. The van der Waals surface area contributed by atoms with Crippen LogP contribution in [0.2, 0.25) is 5.02 Å². The largest absolute Gasteiger partial charge is 0.305 e. The number of thiophene rings is 1. The predicted octanol–water partition coefficient (Wildman–Crippen LogP) is 4.21. The van der Waals surface area contributed by atoms with Gasteiger partial charge in [0, 0.05) is 34.7 Å². The molecule has 3 aromatic heterocycles. The Hall–Kier alpha value is -1.36. The first-order valence-corrected chi connectivity index (χ1v) is 7.74. The molecule has 0 bridgehead atoms. The van der Waals surface area contributed by atoms with E-state index in [1.807, 2.05) is 40.3 Å². The molecule has 5 heteroatoms. The molecule has 0 saturated carbocycles. The van der Waals surface area contributed by atoms with Crippen LogP contribution in [0.5, 0.6) is 0 Å². The van der Waals surface area contributed by atoms with E-state index in [0.29, 0.717) is 6.04 Å². The molecule has 0 saturated heterocycles. The molecule has 0 fully saturated rings. The van der Waals surface area contributed by atoms with Gasteiger partial charge in [-0.25, -0.2) is 4.98 Å². The van der Waals surface area contributed by atoms with Gasteiger partial charge in [-0.15, -0.1) is 11.3 Å². The average molecular weight is 306 g/mol. The Morgan fingerprint density at radius 1 is 1.30 bits per heavy atom. The third-order valence-electron chi connectivity index (χ3n) is 3.24. The maximum Gasteiger partial charge on any atom is 0.137 e. The van der Waals surface area contributed by atoms with Crippen molar-refractivity contribution in [1.82, 2.24) is 14.7 Å². The van der Waals surface area contributed by atoms with Crippen molar-refractivity contribution < 1.29 is 0 Å². The molecule has 1 atom stereocenters. The quantitative estimate of drug-likeness (QED) is 0.782. The molecule has 3 aromatic rings. The number of aryl methyl sites for hydroxylation is 1. The number of nitrogens with zero attached hydrogens (tertiary/aromatic N) is 2. The van der Waals surface area contributed by atoms with Crippen LogP contribution < -0.4 is 5.32 Å². The van der Waals surface area contributed by atoms with Crippen LogP contribution in [0.1, 0.15) is 28.4 Å². The summed E-state index contributed by atoms with van der Waals surface area (Å²) in [7, 11) is 0. The minimum Gasteiger partial charge on any atom is -0.305 e. The number of fused-ring (bicyclic) bond motifs is 1. The van der Waals surface area contributed by atoms with E-state index in [0.717, 1.165) is 22.9 Å². The smallest absolute Gasteiger partial charge is 0.137 e. The Balaban J connectivity index is 1.70. The minimum atomic E-state index is 0.335. The van der Waals surface area contributed by atoms with Crippen molar-refractivity contribution in [2.24, 2.45) is 0 Å². The molecule has 0 aliphatic carbocycles. The van der Waals surface area contributed by atoms with Gasteiger partial charge >= 0.3 is 0 Å². The number of nitrogens with one attached hydrogen (secondary N) is 1. The lowest BCUT2D eigenvalue weighted by molar-refractivity contribution is 0.577. The normalized spacial score (nSPS) is 12.9. The SMILES string of the molecule is Cc1ccc(C(C)NCc2cn3cc(Cl)ccc3n2)s1. The predicted molar refractivity (Wildman–Crippen MR) is 84.5 cm³/mol. The van der Waals surface area contributed by atoms with Crippen molar-refractivity contribution in [1.29, 1.82) is 0 Å². The lowest BCUT2D eigenvalue weighted by Gasteiger charge is -2.10. The molecule has 1 unspecified atom stereocenters. The third-order valence-corrected chi connectivity index (χ3v) is 4.65. The van der Waals surface area contributed by atoms with E-state index in [4.69, 9.17) is 11.6 Å². The summed E-state index contributed by atoms with van der Waals surface area (Å²) < 4.78 is 1.96. The van der Waals surface area contributed by atoms with Crippen molar-refractivity contribution in [3.05, 3.63) is 57.1 Å². The summed E-state index contributed by atoms with van der Waals surface area (Å²) in [5.74, 6) is 0. The van der Waals surface area contributed by atoms with Crippen LogP contribution >= 0.6 is 22.9 Å². The van der Waals surface area contributed by atoms with Gasteiger partial charge in [0.05, 0.1) is 10.7 Å². The highest BCUT2D eigenvalue weighted by atomic mass is 35.5. The van der Waals surface area contributed by atoms with Crippen LogP contribution in [0, 0.1) is 6.92 Å². The van der Waals surface area contributed by atoms with Gasteiger partial charge in [-0.3, -0.25) is 0 Å². The number of hydrogen-bond donors (Lipinski definition) is 1. The highest BCUT2D eigenvalue weighted by Gasteiger charge is 2.08. The summed E-state index contributed by atoms with van der Waals surface area (Å²) in [5, 5.41) is 4.22. The fraction of sp³-hybridized carbons (Fsp3) is 0.267. The summed E-state index contributed by atoms with van der Waals surface area (Å²) in [4.78, 5) is 7.27. The molecule has 0 aromatic carbocycles. The standard InChI is InChI=1S/C15H16ClN3S/c1-10-3-5-14(20-10)11(2)17-7-13-9-19-8-12(16)4-6-15(19)18-13/h3-6,8-9,11,17H,7H2,1-2H3. The highest BCUT2D eigenvalue weighted by molar-refractivity contribution is 7.12. The Morgan fingerprint density at radius 3 is 2.90 bits per heavy atom. The molecule has 3 heterocycles. The molecular weight excluding hydrogens is 290 g/mol. The van der Waals surface area contributed by atoms with Gasteiger partial charge < -0.3 is 9.72 Å². The average Bonchev–Trinajstić information content (AvgIpc) is 3.01. The molecule has 20 heavy (non-hydrogen) atoms. The number of hydrogen-bond acceptors (Lipinski definition) is 3. The highest BCUT2D eigenvalue weighted by Crippen LogP contribution is 2.22. The van der Waals surface area contributed by atoms with Crippen molar-refractivity contribution in [2.45, 2.75) is 26.4 Å². The first-order chi connectivity index (χ1) is 9.61. The lowest BCUT2D eigenvalue weighted by Crippen LogP contribution is -2.17. The maximum atomic E-state index is 5.97. The first kappa shape index (κ1) is 13.6. The van der Waals surface area contributed by atoms with Gasteiger partial charge in [0.25, 0.3) is 0 Å². The molecule has 0 spiro atoms. The molecular formula is C15H16ClN3S. The van der Waals surface area contributed by atoms with E-state index in [2.05, 4.69) is 36.3 Å². The van der Waals surface area contributed by atoms with E-state index in [-0.39, 0.29) is 0 Å². The minimum absolute atomic E-state index is 0.335. The summed E-state index contributed by atoms with van der Waals surface area (Å²) >= 11 is 7.81. The van der Waals surface area contributed by atoms with Gasteiger partial charge in [-0.1, -0.05) is 11.6 Å². The van der Waals surface area contributed by atoms with Gasteiger partial charge in [0.2, 0.25) is 0 Å². The van der Waals surface area contributed by atoms with Crippen LogP contribution in [0.4, 0.5) is 0 Å². The molecule has 3 rings (SSSR count). The van der Waals surface area contributed by atoms with E-state index in [1.54, 1.807) is 0 Å². The zero-order chi connectivity index (χ0) is 14.1. The Morgan fingerprint density at radius 2 is 2.15 bits per heavy atom. The third kappa shape index (κ3) is 2.87.